The fourth-order valence-electron chi connectivity index (χ4n) is 3.74. The number of anilines is 2. The first kappa shape index (κ1) is 19.1. The van der Waals surface area contributed by atoms with Crippen LogP contribution in [0.5, 0.6) is 0 Å². The van der Waals surface area contributed by atoms with Crippen LogP contribution in [0.2, 0.25) is 0 Å². The highest BCUT2D eigenvalue weighted by molar-refractivity contribution is 7.71. The third kappa shape index (κ3) is 3.80. The minimum absolute atomic E-state index is 0.0350. The van der Waals surface area contributed by atoms with E-state index >= 15 is 0 Å². The predicted octanol–water partition coefficient (Wildman–Crippen LogP) is 4.11. The van der Waals surface area contributed by atoms with Gasteiger partial charge < -0.3 is 15.3 Å². The first-order chi connectivity index (χ1) is 15.1. The predicted molar refractivity (Wildman–Crippen MR) is 123 cm³/mol. The van der Waals surface area contributed by atoms with Crippen LogP contribution in [0, 0.1) is 4.77 Å². The van der Waals surface area contributed by atoms with E-state index in [0.29, 0.717) is 22.6 Å². The molecule has 8 heteroatoms. The van der Waals surface area contributed by atoms with Crippen molar-refractivity contribution in [2.24, 2.45) is 0 Å². The highest BCUT2D eigenvalue weighted by Gasteiger charge is 2.31. The Morgan fingerprint density at radius 2 is 1.71 bits per heavy atom. The van der Waals surface area contributed by atoms with Gasteiger partial charge in [0.2, 0.25) is 5.91 Å². The van der Waals surface area contributed by atoms with Crippen molar-refractivity contribution < 1.29 is 9.59 Å². The van der Waals surface area contributed by atoms with Crippen molar-refractivity contribution in [3.05, 3.63) is 88.7 Å². The molecule has 4 aromatic rings. The molecule has 1 aliphatic heterocycles. The van der Waals surface area contributed by atoms with E-state index in [1.807, 2.05) is 65.7 Å². The zero-order valence-corrected chi connectivity index (χ0v) is 17.2. The summed E-state index contributed by atoms with van der Waals surface area (Å²) in [4.78, 5) is 31.1. The normalized spacial score (nSPS) is 15.8. The lowest BCUT2D eigenvalue weighted by molar-refractivity contribution is -0.120. The number of hydrazine groups is 1. The Labute approximate surface area is 183 Å². The average molecular weight is 430 g/mol. The van der Waals surface area contributed by atoms with Gasteiger partial charge in [0.25, 0.3) is 5.91 Å². The number of fused-ring (bicyclic) bond motifs is 1. The van der Waals surface area contributed by atoms with Crippen molar-refractivity contribution in [2.45, 2.75) is 5.92 Å². The molecule has 1 saturated heterocycles. The molecule has 1 aromatic heterocycles. The topological polar surface area (TPSA) is 93.0 Å². The molecule has 2 amide bonds. The zero-order valence-electron chi connectivity index (χ0n) is 16.4. The van der Waals surface area contributed by atoms with E-state index in [-0.39, 0.29) is 17.7 Å². The molecule has 3 aromatic carbocycles. The van der Waals surface area contributed by atoms with Crippen molar-refractivity contribution in [3.63, 3.8) is 0 Å². The Bertz CT molecular complexity index is 1330. The fourth-order valence-corrected chi connectivity index (χ4v) is 3.96. The number of benzene rings is 3. The van der Waals surface area contributed by atoms with Crippen molar-refractivity contribution in [1.29, 1.82) is 0 Å². The molecule has 0 aliphatic carbocycles. The van der Waals surface area contributed by atoms with Crippen LogP contribution in [0.1, 0.15) is 21.8 Å². The maximum absolute atomic E-state index is 12.6. The first-order valence-corrected chi connectivity index (χ1v) is 10.2. The average Bonchev–Trinajstić information content (AvgIpc) is 3.35. The van der Waals surface area contributed by atoms with E-state index in [1.54, 1.807) is 12.1 Å². The Morgan fingerprint density at radius 3 is 2.48 bits per heavy atom. The molecule has 0 bridgehead atoms. The summed E-state index contributed by atoms with van der Waals surface area (Å²) in [6.07, 6.45) is 0. The number of nitrogens with zero attached hydrogens (tertiary/aromatic N) is 1. The summed E-state index contributed by atoms with van der Waals surface area (Å²) in [7, 11) is 0. The van der Waals surface area contributed by atoms with Gasteiger partial charge in [-0.25, -0.2) is 0 Å². The molecule has 1 aliphatic rings. The molecule has 154 valence electrons. The molecule has 1 fully saturated rings. The minimum Gasteiger partial charge on any atom is -0.331 e. The van der Waals surface area contributed by atoms with Crippen LogP contribution < -0.4 is 15.8 Å². The molecular weight excluding hydrogens is 410 g/mol. The van der Waals surface area contributed by atoms with Crippen molar-refractivity contribution >= 4 is 46.4 Å². The standard InChI is InChI=1S/C23H19N5O2S/c29-21(24-16-8-11-19-20(12-16)26-23(31)25-19)15-6-9-17(10-7-15)28-13-18(22(30)27-28)14-4-2-1-3-5-14/h1-12,18H,13H2,(H,24,29)(H,27,30)(H2,25,26,31). The summed E-state index contributed by atoms with van der Waals surface area (Å²) < 4.78 is 0.539. The number of amides is 2. The number of hydrogen-bond donors (Lipinski definition) is 4. The summed E-state index contributed by atoms with van der Waals surface area (Å²) in [6.45, 7) is 0.534. The highest BCUT2D eigenvalue weighted by atomic mass is 32.1. The Hall–Kier alpha value is -3.91. The number of aromatic nitrogens is 2. The number of imidazole rings is 1. The molecule has 1 atom stereocenters. The van der Waals surface area contributed by atoms with Gasteiger partial charge in [0.05, 0.1) is 29.2 Å². The summed E-state index contributed by atoms with van der Waals surface area (Å²) in [5, 5.41) is 4.70. The SMILES string of the molecule is O=C(Nc1ccc2[nH]c(=S)[nH]c2c1)c1ccc(N2CC(c3ccccc3)C(=O)N2)cc1. The van der Waals surface area contributed by atoms with Crippen LogP contribution in [-0.2, 0) is 4.79 Å². The maximum Gasteiger partial charge on any atom is 0.255 e. The van der Waals surface area contributed by atoms with Gasteiger partial charge in [-0.2, -0.15) is 0 Å². The second-order valence-electron chi connectivity index (χ2n) is 7.39. The molecule has 7 nitrogen and oxygen atoms in total. The minimum atomic E-state index is -0.222. The van der Waals surface area contributed by atoms with E-state index in [0.717, 1.165) is 22.3 Å². The lowest BCUT2D eigenvalue weighted by atomic mass is 10.00. The van der Waals surface area contributed by atoms with Crippen LogP contribution >= 0.6 is 12.2 Å². The van der Waals surface area contributed by atoms with E-state index < -0.39 is 0 Å². The van der Waals surface area contributed by atoms with Gasteiger partial charge in [-0.15, -0.1) is 0 Å². The molecule has 5 rings (SSSR count). The number of rotatable bonds is 4. The third-order valence-corrected chi connectivity index (χ3v) is 5.55. The molecule has 0 saturated carbocycles. The second kappa shape index (κ2) is 7.73. The largest absolute Gasteiger partial charge is 0.331 e. The number of nitrogens with one attached hydrogen (secondary N) is 4. The van der Waals surface area contributed by atoms with E-state index in [1.165, 1.54) is 0 Å². The van der Waals surface area contributed by atoms with Crippen molar-refractivity contribution in [3.8, 4) is 0 Å². The van der Waals surface area contributed by atoms with E-state index in [2.05, 4.69) is 20.7 Å². The monoisotopic (exact) mass is 429 g/mol. The zero-order chi connectivity index (χ0) is 21.4. The second-order valence-corrected chi connectivity index (χ2v) is 7.80. The molecular formula is C23H19N5O2S. The van der Waals surface area contributed by atoms with Gasteiger partial charge in [0, 0.05) is 11.3 Å². The number of carbonyl (C=O) groups excluding carboxylic acids is 2. The third-order valence-electron chi connectivity index (χ3n) is 5.34. The van der Waals surface area contributed by atoms with Gasteiger partial charge >= 0.3 is 0 Å². The van der Waals surface area contributed by atoms with Gasteiger partial charge in [-0.1, -0.05) is 30.3 Å². The van der Waals surface area contributed by atoms with E-state index in [4.69, 9.17) is 12.2 Å². The quantitative estimate of drug-likeness (QED) is 0.367. The van der Waals surface area contributed by atoms with Crippen LogP contribution in [0.25, 0.3) is 11.0 Å². The highest BCUT2D eigenvalue weighted by Crippen LogP contribution is 2.26. The van der Waals surface area contributed by atoms with Crippen LogP contribution in [0.4, 0.5) is 11.4 Å². The van der Waals surface area contributed by atoms with Gasteiger partial charge in [-0.05, 0) is 60.2 Å². The lowest BCUT2D eigenvalue weighted by Crippen LogP contribution is -2.32. The summed E-state index contributed by atoms with van der Waals surface area (Å²) in [5.74, 6) is -0.472. The van der Waals surface area contributed by atoms with Gasteiger partial charge in [0.15, 0.2) is 4.77 Å². The summed E-state index contributed by atoms with van der Waals surface area (Å²) >= 11 is 5.09. The Kier molecular flexibility index (Phi) is 4.76. The smallest absolute Gasteiger partial charge is 0.255 e. The number of hydrogen-bond acceptors (Lipinski definition) is 4. The number of aromatic amines is 2. The first-order valence-electron chi connectivity index (χ1n) is 9.83. The van der Waals surface area contributed by atoms with E-state index in [9.17, 15) is 9.59 Å². The van der Waals surface area contributed by atoms with Crippen LogP contribution in [0.15, 0.2) is 72.8 Å². The molecule has 0 spiro atoms. The van der Waals surface area contributed by atoms with Crippen LogP contribution in [-0.4, -0.2) is 28.3 Å². The van der Waals surface area contributed by atoms with Crippen molar-refractivity contribution in [1.82, 2.24) is 15.4 Å². The number of carbonyl (C=O) groups is 2. The molecule has 2 heterocycles. The molecule has 0 radical (unpaired) electrons. The maximum atomic E-state index is 12.6. The Balaban J connectivity index is 1.28. The summed E-state index contributed by atoms with van der Waals surface area (Å²) in [6, 6.07) is 22.4. The molecule has 31 heavy (non-hydrogen) atoms. The van der Waals surface area contributed by atoms with Gasteiger partial charge in [-0.3, -0.25) is 20.0 Å². The van der Waals surface area contributed by atoms with Crippen molar-refractivity contribution in [2.75, 3.05) is 16.9 Å². The molecule has 4 N–H and O–H groups in total. The van der Waals surface area contributed by atoms with Crippen LogP contribution in [0.3, 0.4) is 0 Å². The molecule has 1 unspecified atom stereocenters. The van der Waals surface area contributed by atoms with Gasteiger partial charge in [0.1, 0.15) is 0 Å². The Morgan fingerprint density at radius 1 is 0.968 bits per heavy atom. The lowest BCUT2D eigenvalue weighted by Gasteiger charge is -2.18. The number of H-pyrrole nitrogens is 2. The summed E-state index contributed by atoms with van der Waals surface area (Å²) in [5.41, 5.74) is 7.62. The fraction of sp³-hybridized carbons (Fsp3) is 0.0870.